The van der Waals surface area contributed by atoms with Gasteiger partial charge in [0.25, 0.3) is 0 Å². The lowest BCUT2D eigenvalue weighted by atomic mass is 9.96. The van der Waals surface area contributed by atoms with Crippen molar-refractivity contribution in [3.8, 4) is 0 Å². The molecule has 2 N–H and O–H groups in total. The van der Waals surface area contributed by atoms with Crippen LogP contribution in [0.3, 0.4) is 0 Å². The lowest BCUT2D eigenvalue weighted by molar-refractivity contribution is -0.122. The fourth-order valence-electron chi connectivity index (χ4n) is 2.44. The van der Waals surface area contributed by atoms with E-state index in [2.05, 4.69) is 0 Å². The van der Waals surface area contributed by atoms with Crippen molar-refractivity contribution in [1.29, 1.82) is 0 Å². The molecule has 2 unspecified atom stereocenters. The Hall–Kier alpha value is -0.860. The van der Waals surface area contributed by atoms with E-state index < -0.39 is 0 Å². The second-order valence-electron chi connectivity index (χ2n) is 5.01. The van der Waals surface area contributed by atoms with E-state index in [1.807, 2.05) is 25.1 Å². The maximum atomic E-state index is 12.1. The molecular weight excluding hydrogens is 234 g/mol. The first kappa shape index (κ1) is 12.6. The average molecular weight is 252 g/mol. The highest BCUT2D eigenvalue weighted by Gasteiger charge is 2.27. The third kappa shape index (κ3) is 3.08. The number of hydrogen-bond donors (Lipinski definition) is 1. The number of carbonyl (C=O) groups excluding carboxylic acids is 1. The van der Waals surface area contributed by atoms with Gasteiger partial charge in [-0.15, -0.1) is 0 Å². The number of rotatable bonds is 3. The Bertz CT molecular complexity index is 430. The Morgan fingerprint density at radius 3 is 2.82 bits per heavy atom. The first-order valence-electron chi connectivity index (χ1n) is 6.09. The molecule has 1 aliphatic rings. The van der Waals surface area contributed by atoms with E-state index in [1.165, 1.54) is 0 Å². The first-order valence-corrected chi connectivity index (χ1v) is 6.47. The molecule has 1 aliphatic carbocycles. The van der Waals surface area contributed by atoms with E-state index in [-0.39, 0.29) is 17.7 Å². The number of carbonyl (C=O) groups is 1. The zero-order chi connectivity index (χ0) is 12.4. The number of Topliss-reactive ketones (excluding diaryl/α,β-unsaturated/α-hetero) is 1. The predicted octanol–water partition coefficient (Wildman–Crippen LogP) is 2.89. The van der Waals surface area contributed by atoms with Crippen molar-refractivity contribution in [3.05, 3.63) is 34.3 Å². The minimum absolute atomic E-state index is 0.141. The fraction of sp³-hybridized carbons (Fsp3) is 0.500. The summed E-state index contributed by atoms with van der Waals surface area (Å²) in [6.07, 6.45) is 3.18. The zero-order valence-electron chi connectivity index (χ0n) is 10.1. The van der Waals surface area contributed by atoms with Crippen molar-refractivity contribution in [2.75, 3.05) is 0 Å². The lowest BCUT2D eigenvalue weighted by Crippen LogP contribution is -2.19. The monoisotopic (exact) mass is 251 g/mol. The van der Waals surface area contributed by atoms with Crippen molar-refractivity contribution in [2.45, 2.75) is 38.6 Å². The fourth-order valence-corrected chi connectivity index (χ4v) is 2.74. The van der Waals surface area contributed by atoms with Gasteiger partial charge in [-0.25, -0.2) is 0 Å². The van der Waals surface area contributed by atoms with Crippen LogP contribution in [-0.2, 0) is 11.2 Å². The highest BCUT2D eigenvalue weighted by Crippen LogP contribution is 2.27. The highest BCUT2D eigenvalue weighted by atomic mass is 35.5. The molecule has 1 aromatic rings. The summed E-state index contributed by atoms with van der Waals surface area (Å²) < 4.78 is 0. The molecule has 0 aliphatic heterocycles. The largest absolute Gasteiger partial charge is 0.328 e. The molecule has 3 heteroatoms. The van der Waals surface area contributed by atoms with Gasteiger partial charge in [-0.1, -0.05) is 23.7 Å². The lowest BCUT2D eigenvalue weighted by Gasteiger charge is -2.10. The summed E-state index contributed by atoms with van der Waals surface area (Å²) in [5.41, 5.74) is 7.88. The van der Waals surface area contributed by atoms with Crippen molar-refractivity contribution < 1.29 is 4.79 Å². The maximum Gasteiger partial charge on any atom is 0.140 e. The SMILES string of the molecule is Cc1ccc(CC(=O)C2CCC(N)C2)c(Cl)c1. The molecule has 17 heavy (non-hydrogen) atoms. The number of halogens is 1. The van der Waals surface area contributed by atoms with Gasteiger partial charge in [0.05, 0.1) is 0 Å². The summed E-state index contributed by atoms with van der Waals surface area (Å²) in [5, 5.41) is 0.695. The topological polar surface area (TPSA) is 43.1 Å². The molecule has 1 aromatic carbocycles. The van der Waals surface area contributed by atoms with Gasteiger partial charge in [-0.05, 0) is 43.4 Å². The summed E-state index contributed by atoms with van der Waals surface area (Å²) in [6, 6.07) is 6.06. The molecule has 0 aromatic heterocycles. The van der Waals surface area contributed by atoms with Gasteiger partial charge in [0.2, 0.25) is 0 Å². The summed E-state index contributed by atoms with van der Waals surface area (Å²) in [5.74, 6) is 0.422. The number of aryl methyl sites for hydroxylation is 1. The third-order valence-corrected chi connectivity index (χ3v) is 3.85. The molecule has 0 heterocycles. The highest BCUT2D eigenvalue weighted by molar-refractivity contribution is 6.31. The van der Waals surface area contributed by atoms with Gasteiger partial charge in [-0.3, -0.25) is 4.79 Å². The molecule has 2 nitrogen and oxygen atoms in total. The van der Waals surface area contributed by atoms with Crippen LogP contribution in [0.4, 0.5) is 0 Å². The Balaban J connectivity index is 2.03. The van der Waals surface area contributed by atoms with Gasteiger partial charge in [0.15, 0.2) is 0 Å². The molecular formula is C14H18ClNO. The van der Waals surface area contributed by atoms with E-state index in [4.69, 9.17) is 17.3 Å². The first-order chi connectivity index (χ1) is 8.06. The number of benzene rings is 1. The normalized spacial score (nSPS) is 23.9. The summed E-state index contributed by atoms with van der Waals surface area (Å²) in [4.78, 5) is 12.1. The molecule has 92 valence electrons. The van der Waals surface area contributed by atoms with Crippen LogP contribution in [0.15, 0.2) is 18.2 Å². The standard InChI is InChI=1S/C14H18ClNO/c1-9-2-3-10(13(15)6-9)8-14(17)11-4-5-12(16)7-11/h2-3,6,11-12H,4-5,7-8,16H2,1H3. The molecule has 0 saturated heterocycles. The Labute approximate surface area is 107 Å². The van der Waals surface area contributed by atoms with Gasteiger partial charge in [-0.2, -0.15) is 0 Å². The van der Waals surface area contributed by atoms with E-state index in [0.717, 1.165) is 30.4 Å². The smallest absolute Gasteiger partial charge is 0.140 e. The van der Waals surface area contributed by atoms with Crippen LogP contribution < -0.4 is 5.73 Å². The van der Waals surface area contributed by atoms with Crippen LogP contribution >= 0.6 is 11.6 Å². The molecule has 0 bridgehead atoms. The molecule has 0 amide bonds. The number of hydrogen-bond acceptors (Lipinski definition) is 2. The minimum atomic E-state index is 0.141. The van der Waals surface area contributed by atoms with Crippen LogP contribution in [0, 0.1) is 12.8 Å². The van der Waals surface area contributed by atoms with Crippen molar-refractivity contribution in [1.82, 2.24) is 0 Å². The van der Waals surface area contributed by atoms with Crippen molar-refractivity contribution in [3.63, 3.8) is 0 Å². The summed E-state index contributed by atoms with van der Waals surface area (Å²) in [7, 11) is 0. The maximum absolute atomic E-state index is 12.1. The Kier molecular flexibility index (Phi) is 3.85. The summed E-state index contributed by atoms with van der Waals surface area (Å²) >= 11 is 6.13. The zero-order valence-corrected chi connectivity index (χ0v) is 10.8. The van der Waals surface area contributed by atoms with Crippen LogP contribution in [0.2, 0.25) is 5.02 Å². The van der Waals surface area contributed by atoms with E-state index in [1.54, 1.807) is 0 Å². The van der Waals surface area contributed by atoms with E-state index in [0.29, 0.717) is 11.4 Å². The third-order valence-electron chi connectivity index (χ3n) is 3.50. The van der Waals surface area contributed by atoms with E-state index >= 15 is 0 Å². The van der Waals surface area contributed by atoms with Gasteiger partial charge < -0.3 is 5.73 Å². The van der Waals surface area contributed by atoms with Gasteiger partial charge >= 0.3 is 0 Å². The van der Waals surface area contributed by atoms with E-state index in [9.17, 15) is 4.79 Å². The summed E-state index contributed by atoms with van der Waals surface area (Å²) in [6.45, 7) is 1.99. The molecule has 1 fully saturated rings. The number of nitrogens with two attached hydrogens (primary N) is 1. The Morgan fingerprint density at radius 2 is 2.24 bits per heavy atom. The molecule has 0 radical (unpaired) electrons. The molecule has 2 rings (SSSR count). The van der Waals surface area contributed by atoms with Crippen LogP contribution in [0.25, 0.3) is 0 Å². The van der Waals surface area contributed by atoms with Crippen molar-refractivity contribution >= 4 is 17.4 Å². The quantitative estimate of drug-likeness (QED) is 0.898. The number of ketones is 1. The predicted molar refractivity (Wildman–Crippen MR) is 70.2 cm³/mol. The van der Waals surface area contributed by atoms with Crippen LogP contribution in [-0.4, -0.2) is 11.8 Å². The molecule has 1 saturated carbocycles. The Morgan fingerprint density at radius 1 is 1.47 bits per heavy atom. The average Bonchev–Trinajstić information content (AvgIpc) is 2.69. The molecule has 0 spiro atoms. The van der Waals surface area contributed by atoms with Gasteiger partial charge in [0, 0.05) is 23.4 Å². The van der Waals surface area contributed by atoms with Gasteiger partial charge in [0.1, 0.15) is 5.78 Å². The van der Waals surface area contributed by atoms with Crippen molar-refractivity contribution in [2.24, 2.45) is 11.7 Å². The van der Waals surface area contributed by atoms with Crippen LogP contribution in [0.1, 0.15) is 30.4 Å². The second kappa shape index (κ2) is 5.19. The van der Waals surface area contributed by atoms with Crippen LogP contribution in [0.5, 0.6) is 0 Å². The minimum Gasteiger partial charge on any atom is -0.328 e. The molecule has 2 atom stereocenters. The second-order valence-corrected chi connectivity index (χ2v) is 5.42.